The van der Waals surface area contributed by atoms with Crippen LogP contribution in [0.4, 0.5) is 4.39 Å². The maximum Gasteiger partial charge on any atom is 0.128 e. The van der Waals surface area contributed by atoms with Crippen molar-refractivity contribution in [2.45, 2.75) is 19.5 Å². The van der Waals surface area contributed by atoms with Crippen LogP contribution in [0.25, 0.3) is 0 Å². The van der Waals surface area contributed by atoms with Gasteiger partial charge >= 0.3 is 0 Å². The van der Waals surface area contributed by atoms with Crippen molar-refractivity contribution in [3.8, 4) is 0 Å². The van der Waals surface area contributed by atoms with Crippen molar-refractivity contribution in [1.29, 1.82) is 0 Å². The molecule has 0 aliphatic heterocycles. The summed E-state index contributed by atoms with van der Waals surface area (Å²) in [6.07, 6.45) is 3.56. The lowest BCUT2D eigenvalue weighted by molar-refractivity contribution is 0.543. The molecule has 0 amide bonds. The molecule has 2 rings (SSSR count). The van der Waals surface area contributed by atoms with Crippen LogP contribution in [0, 0.1) is 5.82 Å². The van der Waals surface area contributed by atoms with Crippen LogP contribution in [-0.4, -0.2) is 4.98 Å². The quantitative estimate of drug-likeness (QED) is 0.928. The Kier molecular flexibility index (Phi) is 4.44. The van der Waals surface area contributed by atoms with E-state index in [-0.39, 0.29) is 11.9 Å². The standard InChI is InChI=1S/C14H14BrFN2/c1-10(11-3-2-6-17-8-11)18-9-12-4-5-13(15)7-14(12)16/h2-8,10,18H,9H2,1H3. The van der Waals surface area contributed by atoms with Gasteiger partial charge in [0.1, 0.15) is 5.82 Å². The van der Waals surface area contributed by atoms with E-state index >= 15 is 0 Å². The Morgan fingerprint density at radius 1 is 1.39 bits per heavy atom. The highest BCUT2D eigenvalue weighted by Crippen LogP contribution is 2.16. The first kappa shape index (κ1) is 13.2. The number of pyridine rings is 1. The number of hydrogen-bond acceptors (Lipinski definition) is 2. The van der Waals surface area contributed by atoms with E-state index in [1.165, 1.54) is 6.07 Å². The largest absolute Gasteiger partial charge is 0.306 e. The third-order valence-electron chi connectivity index (χ3n) is 2.80. The van der Waals surface area contributed by atoms with E-state index in [1.54, 1.807) is 12.3 Å². The van der Waals surface area contributed by atoms with Crippen LogP contribution in [0.1, 0.15) is 24.1 Å². The molecule has 2 aromatic rings. The molecule has 1 aromatic heterocycles. The molecular weight excluding hydrogens is 295 g/mol. The molecular formula is C14H14BrFN2. The van der Waals surface area contributed by atoms with Crippen LogP contribution >= 0.6 is 15.9 Å². The van der Waals surface area contributed by atoms with Crippen molar-refractivity contribution in [3.05, 3.63) is 64.1 Å². The molecule has 1 unspecified atom stereocenters. The molecule has 94 valence electrons. The van der Waals surface area contributed by atoms with Crippen LogP contribution in [-0.2, 0) is 6.54 Å². The molecule has 1 N–H and O–H groups in total. The van der Waals surface area contributed by atoms with Crippen molar-refractivity contribution in [2.24, 2.45) is 0 Å². The summed E-state index contributed by atoms with van der Waals surface area (Å²) in [6.45, 7) is 2.53. The molecule has 1 heterocycles. The number of halogens is 2. The first-order valence-corrected chi connectivity index (χ1v) is 6.53. The Morgan fingerprint density at radius 3 is 2.89 bits per heavy atom. The molecule has 1 aromatic carbocycles. The molecule has 0 aliphatic rings. The van der Waals surface area contributed by atoms with Crippen LogP contribution in [0.2, 0.25) is 0 Å². The van der Waals surface area contributed by atoms with Crippen LogP contribution < -0.4 is 5.32 Å². The molecule has 0 saturated heterocycles. The second kappa shape index (κ2) is 6.07. The molecule has 0 aliphatic carbocycles. The van der Waals surface area contributed by atoms with Gasteiger partial charge in [0.05, 0.1) is 0 Å². The summed E-state index contributed by atoms with van der Waals surface area (Å²) >= 11 is 3.24. The van der Waals surface area contributed by atoms with Gasteiger partial charge in [-0.2, -0.15) is 0 Å². The summed E-state index contributed by atoms with van der Waals surface area (Å²) in [5.74, 6) is -0.199. The zero-order valence-electron chi connectivity index (χ0n) is 10.0. The monoisotopic (exact) mass is 308 g/mol. The highest BCUT2D eigenvalue weighted by molar-refractivity contribution is 9.10. The van der Waals surface area contributed by atoms with Gasteiger partial charge in [-0.05, 0) is 30.7 Å². The van der Waals surface area contributed by atoms with Crippen LogP contribution in [0.15, 0.2) is 47.2 Å². The van der Waals surface area contributed by atoms with E-state index in [1.807, 2.05) is 31.3 Å². The highest BCUT2D eigenvalue weighted by atomic mass is 79.9. The molecule has 0 bridgehead atoms. The Bertz CT molecular complexity index is 516. The van der Waals surface area contributed by atoms with Crippen molar-refractivity contribution >= 4 is 15.9 Å². The number of nitrogens with zero attached hydrogens (tertiary/aromatic N) is 1. The van der Waals surface area contributed by atoms with E-state index in [0.29, 0.717) is 12.1 Å². The van der Waals surface area contributed by atoms with Crippen LogP contribution in [0.3, 0.4) is 0 Å². The zero-order valence-corrected chi connectivity index (χ0v) is 11.6. The minimum Gasteiger partial charge on any atom is -0.306 e. The van der Waals surface area contributed by atoms with Gasteiger partial charge in [0.2, 0.25) is 0 Å². The van der Waals surface area contributed by atoms with Gasteiger partial charge in [0.15, 0.2) is 0 Å². The Morgan fingerprint density at radius 2 is 2.22 bits per heavy atom. The number of benzene rings is 1. The molecule has 1 atom stereocenters. The highest BCUT2D eigenvalue weighted by Gasteiger charge is 2.07. The number of rotatable bonds is 4. The maximum atomic E-state index is 13.6. The van der Waals surface area contributed by atoms with Gasteiger partial charge in [0, 0.05) is 35.0 Å². The van der Waals surface area contributed by atoms with E-state index in [4.69, 9.17) is 0 Å². The lowest BCUT2D eigenvalue weighted by Crippen LogP contribution is -2.18. The summed E-state index contributed by atoms with van der Waals surface area (Å²) in [6, 6.07) is 9.14. The van der Waals surface area contributed by atoms with Gasteiger partial charge in [-0.15, -0.1) is 0 Å². The fraction of sp³-hybridized carbons (Fsp3) is 0.214. The third-order valence-corrected chi connectivity index (χ3v) is 3.29. The summed E-state index contributed by atoms with van der Waals surface area (Å²) in [4.78, 5) is 4.07. The third kappa shape index (κ3) is 3.37. The lowest BCUT2D eigenvalue weighted by Gasteiger charge is -2.14. The minimum absolute atomic E-state index is 0.141. The first-order chi connectivity index (χ1) is 8.66. The molecule has 0 saturated carbocycles. The van der Waals surface area contributed by atoms with E-state index in [2.05, 4.69) is 26.2 Å². The predicted octanol–water partition coefficient (Wildman–Crippen LogP) is 3.83. The maximum absolute atomic E-state index is 13.6. The Labute approximate surface area is 114 Å². The number of nitrogens with one attached hydrogen (secondary N) is 1. The van der Waals surface area contributed by atoms with E-state index in [9.17, 15) is 4.39 Å². The fourth-order valence-corrected chi connectivity index (χ4v) is 2.01. The molecule has 0 spiro atoms. The SMILES string of the molecule is CC(NCc1ccc(Br)cc1F)c1cccnc1. The predicted molar refractivity (Wildman–Crippen MR) is 73.6 cm³/mol. The molecule has 0 fully saturated rings. The minimum atomic E-state index is -0.199. The lowest BCUT2D eigenvalue weighted by atomic mass is 10.1. The molecule has 0 radical (unpaired) electrons. The van der Waals surface area contributed by atoms with Gasteiger partial charge < -0.3 is 5.32 Å². The zero-order chi connectivity index (χ0) is 13.0. The first-order valence-electron chi connectivity index (χ1n) is 5.74. The summed E-state index contributed by atoms with van der Waals surface area (Å²) in [5, 5.41) is 3.28. The Hall–Kier alpha value is -1.26. The van der Waals surface area contributed by atoms with Gasteiger partial charge in [-0.3, -0.25) is 4.98 Å². The second-order valence-electron chi connectivity index (χ2n) is 4.12. The topological polar surface area (TPSA) is 24.9 Å². The molecule has 4 heteroatoms. The van der Waals surface area contributed by atoms with Crippen molar-refractivity contribution < 1.29 is 4.39 Å². The Balaban J connectivity index is 1.99. The molecule has 18 heavy (non-hydrogen) atoms. The second-order valence-corrected chi connectivity index (χ2v) is 5.04. The number of aromatic nitrogens is 1. The number of hydrogen-bond donors (Lipinski definition) is 1. The van der Waals surface area contributed by atoms with Gasteiger partial charge in [0.25, 0.3) is 0 Å². The fourth-order valence-electron chi connectivity index (χ4n) is 1.68. The average Bonchev–Trinajstić information content (AvgIpc) is 2.38. The van der Waals surface area contributed by atoms with Gasteiger partial charge in [-0.1, -0.05) is 28.1 Å². The summed E-state index contributed by atoms with van der Waals surface area (Å²) < 4.78 is 14.4. The average molecular weight is 309 g/mol. The smallest absolute Gasteiger partial charge is 0.128 e. The van der Waals surface area contributed by atoms with E-state index < -0.39 is 0 Å². The van der Waals surface area contributed by atoms with Crippen molar-refractivity contribution in [2.75, 3.05) is 0 Å². The summed E-state index contributed by atoms with van der Waals surface area (Å²) in [7, 11) is 0. The van der Waals surface area contributed by atoms with Gasteiger partial charge in [-0.25, -0.2) is 4.39 Å². The summed E-state index contributed by atoms with van der Waals surface area (Å²) in [5.41, 5.74) is 1.75. The van der Waals surface area contributed by atoms with Crippen LogP contribution in [0.5, 0.6) is 0 Å². The normalized spacial score (nSPS) is 12.4. The van der Waals surface area contributed by atoms with E-state index in [0.717, 1.165) is 10.0 Å². The van der Waals surface area contributed by atoms with Crippen molar-refractivity contribution in [1.82, 2.24) is 10.3 Å². The van der Waals surface area contributed by atoms with Crippen molar-refractivity contribution in [3.63, 3.8) is 0 Å². The molecule has 2 nitrogen and oxygen atoms in total.